The highest BCUT2D eigenvalue weighted by molar-refractivity contribution is 5.23. The number of hydrogen-bond acceptors (Lipinski definition) is 2. The Bertz CT molecular complexity index is 133. The van der Waals surface area contributed by atoms with Crippen molar-refractivity contribution in [2.75, 3.05) is 0 Å². The normalized spacial score (nSPS) is 57.7. The maximum Gasteiger partial charge on any atom is 0.0570 e. The Labute approximate surface area is 55.1 Å². The monoisotopic (exact) mass is 127 g/mol. The van der Waals surface area contributed by atoms with Crippen LogP contribution in [0.5, 0.6) is 0 Å². The molecule has 3 saturated carbocycles. The second-order valence-corrected chi connectivity index (χ2v) is 3.93. The second kappa shape index (κ2) is 1.18. The van der Waals surface area contributed by atoms with Crippen molar-refractivity contribution < 1.29 is 5.11 Å². The van der Waals surface area contributed by atoms with Crippen molar-refractivity contribution in [1.29, 1.82) is 0 Å². The average Bonchev–Trinajstić information content (AvgIpc) is 1.54. The van der Waals surface area contributed by atoms with E-state index >= 15 is 0 Å². The summed E-state index contributed by atoms with van der Waals surface area (Å²) < 4.78 is 0. The molecule has 0 radical (unpaired) electrons. The summed E-state index contributed by atoms with van der Waals surface area (Å²) in [6.07, 6.45) is 3.02. The van der Waals surface area contributed by atoms with Gasteiger partial charge < -0.3 is 10.8 Å². The smallest absolute Gasteiger partial charge is 0.0570 e. The Balaban J connectivity index is 2.04. The summed E-state index contributed by atoms with van der Waals surface area (Å²) in [5.74, 6) is 0. The molecule has 0 aromatic heterocycles. The molecule has 2 bridgehead atoms. The second-order valence-electron chi connectivity index (χ2n) is 3.93. The molecule has 0 aliphatic heterocycles. The van der Waals surface area contributed by atoms with Gasteiger partial charge >= 0.3 is 0 Å². The van der Waals surface area contributed by atoms with Gasteiger partial charge in [0.2, 0.25) is 0 Å². The van der Waals surface area contributed by atoms with Gasteiger partial charge in [-0.1, -0.05) is 0 Å². The minimum Gasteiger partial charge on any atom is -0.393 e. The van der Waals surface area contributed by atoms with Crippen molar-refractivity contribution in [3.63, 3.8) is 0 Å². The number of hydrogen-bond donors (Lipinski definition) is 2. The molecular weight excluding hydrogens is 114 g/mol. The fourth-order valence-electron chi connectivity index (χ4n) is 2.39. The van der Waals surface area contributed by atoms with Crippen molar-refractivity contribution in [2.45, 2.75) is 37.8 Å². The average molecular weight is 127 g/mol. The predicted molar refractivity (Wildman–Crippen MR) is 34.9 cm³/mol. The van der Waals surface area contributed by atoms with Crippen molar-refractivity contribution in [3.05, 3.63) is 0 Å². The Kier molecular flexibility index (Phi) is 0.746. The van der Waals surface area contributed by atoms with Crippen LogP contribution in [0.25, 0.3) is 0 Å². The number of rotatable bonds is 1. The lowest BCUT2D eigenvalue weighted by Crippen LogP contribution is -2.75. The van der Waals surface area contributed by atoms with Gasteiger partial charge in [0, 0.05) is 11.0 Å². The van der Waals surface area contributed by atoms with Gasteiger partial charge in [-0.25, -0.2) is 0 Å². The molecule has 2 nitrogen and oxygen atoms in total. The first-order valence-corrected chi connectivity index (χ1v) is 3.53. The van der Waals surface area contributed by atoms with Gasteiger partial charge in [0.1, 0.15) is 0 Å². The lowest BCUT2D eigenvalue weighted by atomic mass is 9.38. The molecule has 0 spiro atoms. The molecular formula is C7H13NO. The summed E-state index contributed by atoms with van der Waals surface area (Å²) in [5.41, 5.74) is 6.21. The van der Waals surface area contributed by atoms with Crippen molar-refractivity contribution in [3.8, 4) is 0 Å². The molecule has 3 fully saturated rings. The first kappa shape index (κ1) is 5.69. The van der Waals surface area contributed by atoms with Gasteiger partial charge in [0.15, 0.2) is 0 Å². The zero-order valence-corrected chi connectivity index (χ0v) is 5.72. The lowest BCUT2D eigenvalue weighted by Gasteiger charge is -2.70. The summed E-state index contributed by atoms with van der Waals surface area (Å²) in [6.45, 7) is 1.87. The Morgan fingerprint density at radius 3 is 2.00 bits per heavy atom. The number of aliphatic hydroxyl groups is 1. The zero-order chi connectivity index (χ0) is 6.70. The molecule has 0 aromatic carbocycles. The molecule has 0 unspecified atom stereocenters. The highest BCUT2D eigenvalue weighted by Crippen LogP contribution is 2.67. The van der Waals surface area contributed by atoms with Crippen molar-refractivity contribution in [2.24, 2.45) is 11.1 Å². The van der Waals surface area contributed by atoms with Gasteiger partial charge in [-0.05, 0) is 26.2 Å². The van der Waals surface area contributed by atoms with Crippen LogP contribution in [-0.2, 0) is 0 Å². The van der Waals surface area contributed by atoms with Gasteiger partial charge in [-0.15, -0.1) is 0 Å². The fraction of sp³-hybridized carbons (Fsp3) is 1.00. The molecule has 0 amide bonds. The van der Waals surface area contributed by atoms with Crippen LogP contribution >= 0.6 is 0 Å². The SMILES string of the molecule is C[C@H](O)C12CC(N)(C1)C2. The first-order chi connectivity index (χ1) is 4.06. The third kappa shape index (κ3) is 0.485. The zero-order valence-electron chi connectivity index (χ0n) is 5.72. The van der Waals surface area contributed by atoms with Gasteiger partial charge in [0.05, 0.1) is 6.10 Å². The van der Waals surface area contributed by atoms with Crippen molar-refractivity contribution >= 4 is 0 Å². The van der Waals surface area contributed by atoms with Crippen LogP contribution in [0.2, 0.25) is 0 Å². The Morgan fingerprint density at radius 1 is 1.44 bits per heavy atom. The van der Waals surface area contributed by atoms with E-state index in [1.54, 1.807) is 0 Å². The number of aliphatic hydroxyl groups excluding tert-OH is 1. The quantitative estimate of drug-likeness (QED) is 0.530. The molecule has 3 N–H and O–H groups in total. The topological polar surface area (TPSA) is 46.2 Å². The van der Waals surface area contributed by atoms with E-state index in [2.05, 4.69) is 0 Å². The summed E-state index contributed by atoms with van der Waals surface area (Å²) >= 11 is 0. The van der Waals surface area contributed by atoms with Crippen LogP contribution in [0.3, 0.4) is 0 Å². The maximum absolute atomic E-state index is 9.23. The van der Waals surface area contributed by atoms with E-state index in [-0.39, 0.29) is 17.1 Å². The molecule has 2 heteroatoms. The third-order valence-electron chi connectivity index (χ3n) is 3.00. The van der Waals surface area contributed by atoms with Gasteiger partial charge in [-0.3, -0.25) is 0 Å². The predicted octanol–water partition coefficient (Wildman–Crippen LogP) is 0.249. The molecule has 9 heavy (non-hydrogen) atoms. The van der Waals surface area contributed by atoms with E-state index in [1.165, 1.54) is 0 Å². The fourth-order valence-corrected chi connectivity index (χ4v) is 2.39. The molecule has 0 aromatic rings. The standard InChI is InChI=1S/C7H13NO/c1-5(9)6-2-7(8,3-6)4-6/h5,9H,2-4,8H2,1H3/t5-,6?,7?/m0/s1. The van der Waals surface area contributed by atoms with E-state index in [0.29, 0.717) is 0 Å². The first-order valence-electron chi connectivity index (χ1n) is 3.53. The van der Waals surface area contributed by atoms with Crippen molar-refractivity contribution in [1.82, 2.24) is 0 Å². The van der Waals surface area contributed by atoms with Crippen LogP contribution in [0, 0.1) is 5.41 Å². The molecule has 1 atom stereocenters. The van der Waals surface area contributed by atoms with E-state index in [0.717, 1.165) is 19.3 Å². The van der Waals surface area contributed by atoms with Crippen LogP contribution in [0.15, 0.2) is 0 Å². The maximum atomic E-state index is 9.23. The number of nitrogens with two attached hydrogens (primary N) is 1. The van der Waals surface area contributed by atoms with Gasteiger partial charge in [0.25, 0.3) is 0 Å². The molecule has 3 rings (SSSR count). The minimum atomic E-state index is -0.136. The third-order valence-corrected chi connectivity index (χ3v) is 3.00. The molecule has 0 heterocycles. The van der Waals surface area contributed by atoms with E-state index in [1.807, 2.05) is 6.92 Å². The molecule has 3 aliphatic rings. The highest BCUT2D eigenvalue weighted by atomic mass is 16.3. The Hall–Kier alpha value is -0.0800. The molecule has 3 aliphatic carbocycles. The summed E-state index contributed by atoms with van der Waals surface area (Å²) in [5, 5.41) is 9.23. The highest BCUT2D eigenvalue weighted by Gasteiger charge is 2.67. The summed E-state index contributed by atoms with van der Waals surface area (Å²) in [7, 11) is 0. The Morgan fingerprint density at radius 2 is 1.89 bits per heavy atom. The minimum absolute atomic E-state index is 0.136. The van der Waals surface area contributed by atoms with Crippen LogP contribution < -0.4 is 5.73 Å². The largest absolute Gasteiger partial charge is 0.393 e. The summed E-state index contributed by atoms with van der Waals surface area (Å²) in [6, 6.07) is 0. The van der Waals surface area contributed by atoms with Gasteiger partial charge in [-0.2, -0.15) is 0 Å². The van der Waals surface area contributed by atoms with E-state index in [9.17, 15) is 5.11 Å². The van der Waals surface area contributed by atoms with Crippen LogP contribution in [-0.4, -0.2) is 16.7 Å². The van der Waals surface area contributed by atoms with E-state index < -0.39 is 0 Å². The lowest BCUT2D eigenvalue weighted by molar-refractivity contribution is -0.193. The molecule has 0 saturated heterocycles. The van der Waals surface area contributed by atoms with Crippen LogP contribution in [0.4, 0.5) is 0 Å². The summed E-state index contributed by atoms with van der Waals surface area (Å²) in [4.78, 5) is 0. The van der Waals surface area contributed by atoms with E-state index in [4.69, 9.17) is 5.73 Å². The molecule has 52 valence electrons. The van der Waals surface area contributed by atoms with Crippen LogP contribution in [0.1, 0.15) is 26.2 Å².